The number of thiazole rings is 1. The first-order valence-corrected chi connectivity index (χ1v) is 13.1. The first-order valence-electron chi connectivity index (χ1n) is 11.4. The van der Waals surface area contributed by atoms with Crippen LogP contribution in [0.25, 0.3) is 15.3 Å². The number of amides is 1. The van der Waals surface area contributed by atoms with Crippen LogP contribution < -0.4 is 11.2 Å². The number of carbonyl (C=O) groups excluding carboxylic acids is 1. The fourth-order valence-electron chi connectivity index (χ4n) is 4.48. The van der Waals surface area contributed by atoms with Crippen molar-refractivity contribution in [3.8, 4) is 5.13 Å². The lowest BCUT2D eigenvalue weighted by Crippen LogP contribution is -2.39. The molecule has 4 aromatic heterocycles. The summed E-state index contributed by atoms with van der Waals surface area (Å²) in [5.41, 5.74) is 1.78. The van der Waals surface area contributed by atoms with Crippen molar-refractivity contribution in [1.82, 2.24) is 29.0 Å². The third kappa shape index (κ3) is 3.82. The Labute approximate surface area is 213 Å². The van der Waals surface area contributed by atoms with Crippen LogP contribution in [0.5, 0.6) is 0 Å². The minimum Gasteiger partial charge on any atom is -0.389 e. The zero-order chi connectivity index (χ0) is 25.9. The van der Waals surface area contributed by atoms with Crippen LogP contribution in [0.3, 0.4) is 0 Å². The van der Waals surface area contributed by atoms with Crippen LogP contribution in [0, 0.1) is 13.8 Å². The molecule has 11 nitrogen and oxygen atoms in total. The molecule has 0 spiro atoms. The quantitative estimate of drug-likeness (QED) is 0.418. The monoisotopic (exact) mass is 530 g/mol. The van der Waals surface area contributed by atoms with Gasteiger partial charge in [-0.15, -0.1) is 22.7 Å². The maximum atomic E-state index is 13.7. The Morgan fingerprint density at radius 2 is 2.06 bits per heavy atom. The van der Waals surface area contributed by atoms with Crippen LogP contribution in [0.1, 0.15) is 52.1 Å². The Balaban J connectivity index is 1.75. The summed E-state index contributed by atoms with van der Waals surface area (Å²) in [7, 11) is 1.41. The number of aryl methyl sites for hydroxylation is 1. The fraction of sp³-hybridized carbons (Fsp3) is 0.435. The van der Waals surface area contributed by atoms with Gasteiger partial charge in [0.15, 0.2) is 0 Å². The Morgan fingerprint density at radius 3 is 2.67 bits per heavy atom. The highest BCUT2D eigenvalue weighted by Crippen LogP contribution is 2.34. The molecule has 36 heavy (non-hydrogen) atoms. The van der Waals surface area contributed by atoms with Gasteiger partial charge in [-0.05, 0) is 27.7 Å². The molecular formula is C23H26N6O5S2. The highest BCUT2D eigenvalue weighted by Gasteiger charge is 2.34. The zero-order valence-electron chi connectivity index (χ0n) is 20.5. The summed E-state index contributed by atoms with van der Waals surface area (Å²) >= 11 is 2.72. The number of aromatic nitrogens is 5. The number of thiophene rings is 1. The number of hydroxylamine groups is 2. The second-order valence-electron chi connectivity index (χ2n) is 9.06. The minimum absolute atomic E-state index is 0.000214. The van der Waals surface area contributed by atoms with E-state index in [9.17, 15) is 19.5 Å². The average Bonchev–Trinajstić information content (AvgIpc) is 3.61. The van der Waals surface area contributed by atoms with Gasteiger partial charge in [0.1, 0.15) is 17.5 Å². The molecule has 1 aliphatic heterocycles. The van der Waals surface area contributed by atoms with E-state index < -0.39 is 23.3 Å². The van der Waals surface area contributed by atoms with Crippen molar-refractivity contribution in [2.45, 2.75) is 46.3 Å². The Bertz CT molecular complexity index is 1590. The standard InChI is InChI=1S/C23H26N6O5S2/c1-11(2)28-21-18(19(31)26(5)23(28)33)17(20(32)27-9-14(30)10-34-27)16(36-21)8-15-12(3)25-29(13(15)4)22-24-6-7-35-22/h6-7,11,14,30H,8-10H2,1-5H3/t14-/m0/s1. The van der Waals surface area contributed by atoms with Gasteiger partial charge in [0.25, 0.3) is 11.5 Å². The molecule has 5 rings (SSSR count). The van der Waals surface area contributed by atoms with Gasteiger partial charge in [0.05, 0.1) is 23.2 Å². The van der Waals surface area contributed by atoms with Crippen molar-refractivity contribution in [3.05, 3.63) is 59.8 Å². The van der Waals surface area contributed by atoms with E-state index in [0.717, 1.165) is 31.7 Å². The molecule has 5 heterocycles. The van der Waals surface area contributed by atoms with Crippen molar-refractivity contribution in [1.29, 1.82) is 0 Å². The number of aliphatic hydroxyl groups excluding tert-OH is 1. The van der Waals surface area contributed by atoms with Gasteiger partial charge in [0.2, 0.25) is 5.13 Å². The molecule has 13 heteroatoms. The number of carbonyl (C=O) groups is 1. The van der Waals surface area contributed by atoms with Crippen molar-refractivity contribution in [3.63, 3.8) is 0 Å². The van der Waals surface area contributed by atoms with E-state index in [2.05, 4.69) is 10.1 Å². The van der Waals surface area contributed by atoms with Crippen LogP contribution in [-0.4, -0.2) is 59.2 Å². The van der Waals surface area contributed by atoms with E-state index in [1.807, 2.05) is 33.1 Å². The van der Waals surface area contributed by atoms with Gasteiger partial charge in [-0.1, -0.05) is 0 Å². The molecule has 1 N–H and O–H groups in total. The predicted octanol–water partition coefficient (Wildman–Crippen LogP) is 1.94. The number of β-amino-alcohol motifs (C(OH)–C–C–N with tert-alkyl or cyclic N) is 1. The number of fused-ring (bicyclic) bond motifs is 1. The van der Waals surface area contributed by atoms with Gasteiger partial charge >= 0.3 is 5.69 Å². The zero-order valence-corrected chi connectivity index (χ0v) is 22.1. The van der Waals surface area contributed by atoms with Crippen LogP contribution >= 0.6 is 22.7 Å². The second-order valence-corrected chi connectivity index (χ2v) is 11.0. The number of rotatable bonds is 5. The molecule has 0 bridgehead atoms. The van der Waals surface area contributed by atoms with Crippen molar-refractivity contribution in [2.75, 3.05) is 13.2 Å². The summed E-state index contributed by atoms with van der Waals surface area (Å²) in [6.45, 7) is 7.55. The van der Waals surface area contributed by atoms with Crippen molar-refractivity contribution in [2.24, 2.45) is 7.05 Å². The Morgan fingerprint density at radius 1 is 1.31 bits per heavy atom. The lowest BCUT2D eigenvalue weighted by Gasteiger charge is -2.15. The van der Waals surface area contributed by atoms with Gasteiger partial charge in [-0.2, -0.15) is 5.10 Å². The summed E-state index contributed by atoms with van der Waals surface area (Å²) in [5.74, 6) is -0.513. The number of hydrogen-bond donors (Lipinski definition) is 1. The molecule has 0 aromatic carbocycles. The summed E-state index contributed by atoms with van der Waals surface area (Å²) in [6, 6.07) is -0.234. The molecule has 1 saturated heterocycles. The molecule has 0 aliphatic carbocycles. The molecule has 1 aliphatic rings. The smallest absolute Gasteiger partial charge is 0.332 e. The summed E-state index contributed by atoms with van der Waals surface area (Å²) in [5, 5.41) is 18.5. The van der Waals surface area contributed by atoms with E-state index in [1.165, 1.54) is 29.7 Å². The number of aliphatic hydroxyl groups is 1. The summed E-state index contributed by atoms with van der Waals surface area (Å²) in [4.78, 5) is 50.9. The normalized spacial score (nSPS) is 16.1. The van der Waals surface area contributed by atoms with Crippen molar-refractivity contribution >= 4 is 38.8 Å². The van der Waals surface area contributed by atoms with E-state index in [4.69, 9.17) is 4.84 Å². The molecule has 4 aromatic rings. The molecule has 1 atom stereocenters. The number of nitrogens with zero attached hydrogens (tertiary/aromatic N) is 6. The Kier molecular flexibility index (Phi) is 6.19. The minimum atomic E-state index is -0.806. The van der Waals surface area contributed by atoms with Crippen molar-refractivity contribution < 1.29 is 14.7 Å². The van der Waals surface area contributed by atoms with E-state index in [1.54, 1.807) is 15.4 Å². The first-order chi connectivity index (χ1) is 17.1. The molecule has 1 amide bonds. The average molecular weight is 531 g/mol. The van der Waals surface area contributed by atoms with Crippen LogP contribution in [0.2, 0.25) is 0 Å². The maximum Gasteiger partial charge on any atom is 0.332 e. The summed E-state index contributed by atoms with van der Waals surface area (Å²) in [6.07, 6.45) is 1.24. The van der Waals surface area contributed by atoms with Gasteiger partial charge in [-0.3, -0.25) is 23.6 Å². The predicted molar refractivity (Wildman–Crippen MR) is 136 cm³/mol. The highest BCUT2D eigenvalue weighted by molar-refractivity contribution is 7.19. The highest BCUT2D eigenvalue weighted by atomic mass is 32.1. The lowest BCUT2D eigenvalue weighted by molar-refractivity contribution is -0.0778. The molecule has 190 valence electrons. The fourth-order valence-corrected chi connectivity index (χ4v) is 6.54. The van der Waals surface area contributed by atoms with Gasteiger partial charge in [0, 0.05) is 47.2 Å². The third-order valence-corrected chi connectivity index (χ3v) is 8.26. The van der Waals surface area contributed by atoms with E-state index >= 15 is 0 Å². The van der Waals surface area contributed by atoms with E-state index in [-0.39, 0.29) is 30.1 Å². The molecule has 0 radical (unpaired) electrons. The SMILES string of the molecule is Cc1nn(-c2nccs2)c(C)c1Cc1sc2c(c1C(=O)N1C[C@H](O)CO1)c(=O)n(C)c(=O)n2C(C)C. The van der Waals surface area contributed by atoms with Crippen LogP contribution in [0.15, 0.2) is 21.2 Å². The maximum absolute atomic E-state index is 13.7. The topological polar surface area (TPSA) is 124 Å². The molecule has 1 fully saturated rings. The number of hydrogen-bond acceptors (Lipinski definition) is 9. The third-order valence-electron chi connectivity index (χ3n) is 6.33. The van der Waals surface area contributed by atoms with Crippen LogP contribution in [-0.2, 0) is 18.3 Å². The van der Waals surface area contributed by atoms with Gasteiger partial charge < -0.3 is 5.11 Å². The molecule has 0 unspecified atom stereocenters. The first kappa shape index (κ1) is 24.6. The Hall–Kier alpha value is -3.13. The largest absolute Gasteiger partial charge is 0.389 e. The second kappa shape index (κ2) is 9.07. The van der Waals surface area contributed by atoms with E-state index in [0.29, 0.717) is 16.1 Å². The molecular weight excluding hydrogens is 504 g/mol. The molecule has 0 saturated carbocycles. The lowest BCUT2D eigenvalue weighted by atomic mass is 10.0. The van der Waals surface area contributed by atoms with Crippen LogP contribution in [0.4, 0.5) is 0 Å². The van der Waals surface area contributed by atoms with Gasteiger partial charge in [-0.25, -0.2) is 19.5 Å². The summed E-state index contributed by atoms with van der Waals surface area (Å²) < 4.78 is 4.35.